The summed E-state index contributed by atoms with van der Waals surface area (Å²) in [4.78, 5) is 28.7. The third-order valence-electron chi connectivity index (χ3n) is 3.98. The number of hydrogen-bond donors (Lipinski definition) is 1. The van der Waals surface area contributed by atoms with Gasteiger partial charge in [0.15, 0.2) is 24.1 Å². The van der Waals surface area contributed by atoms with Crippen LogP contribution in [0.4, 0.5) is 14.5 Å². The average Bonchev–Trinajstić information content (AvgIpc) is 3.15. The van der Waals surface area contributed by atoms with Gasteiger partial charge in [-0.1, -0.05) is 19.9 Å². The van der Waals surface area contributed by atoms with Crippen molar-refractivity contribution in [3.8, 4) is 5.82 Å². The van der Waals surface area contributed by atoms with Gasteiger partial charge in [-0.05, 0) is 30.2 Å². The summed E-state index contributed by atoms with van der Waals surface area (Å²) >= 11 is 0. The van der Waals surface area contributed by atoms with E-state index in [1.54, 1.807) is 29.1 Å². The third-order valence-corrected chi connectivity index (χ3v) is 3.98. The molecular weight excluding hydrogens is 382 g/mol. The Morgan fingerprint density at radius 2 is 1.97 bits per heavy atom. The molecule has 150 valence electrons. The maximum atomic E-state index is 13.2. The highest BCUT2D eigenvalue weighted by Crippen LogP contribution is 2.23. The first-order chi connectivity index (χ1) is 13.9. The predicted octanol–water partition coefficient (Wildman–Crippen LogP) is 3.46. The van der Waals surface area contributed by atoms with Crippen LogP contribution in [0.2, 0.25) is 0 Å². The molecule has 2 aromatic heterocycles. The topological polar surface area (TPSA) is 86.1 Å². The van der Waals surface area contributed by atoms with Gasteiger partial charge >= 0.3 is 5.97 Å². The molecule has 0 saturated carbocycles. The zero-order valence-electron chi connectivity index (χ0n) is 15.7. The molecule has 0 bridgehead atoms. The van der Waals surface area contributed by atoms with Crippen molar-refractivity contribution in [1.82, 2.24) is 14.8 Å². The van der Waals surface area contributed by atoms with Crippen LogP contribution in [0, 0.1) is 11.6 Å². The van der Waals surface area contributed by atoms with Crippen LogP contribution in [-0.2, 0) is 9.53 Å². The summed E-state index contributed by atoms with van der Waals surface area (Å²) in [5, 5.41) is 6.55. The fourth-order valence-corrected chi connectivity index (χ4v) is 2.71. The van der Waals surface area contributed by atoms with Gasteiger partial charge < -0.3 is 10.1 Å². The molecule has 0 unspecified atom stereocenters. The summed E-state index contributed by atoms with van der Waals surface area (Å²) in [5.74, 6) is -3.06. The van der Waals surface area contributed by atoms with Crippen molar-refractivity contribution < 1.29 is 23.1 Å². The molecule has 9 heteroatoms. The highest BCUT2D eigenvalue weighted by molar-refractivity contribution is 5.96. The third kappa shape index (κ3) is 4.63. The zero-order valence-corrected chi connectivity index (χ0v) is 15.7. The van der Waals surface area contributed by atoms with Crippen LogP contribution in [0.15, 0.2) is 48.8 Å². The molecule has 0 spiro atoms. The van der Waals surface area contributed by atoms with E-state index in [4.69, 9.17) is 4.74 Å². The first-order valence-corrected chi connectivity index (χ1v) is 8.78. The Labute approximate surface area is 165 Å². The molecule has 7 nitrogen and oxygen atoms in total. The number of pyridine rings is 1. The maximum absolute atomic E-state index is 13.2. The van der Waals surface area contributed by atoms with Crippen LogP contribution >= 0.6 is 0 Å². The molecule has 1 N–H and O–H groups in total. The number of esters is 1. The minimum absolute atomic E-state index is 0.0517. The number of amides is 1. The first-order valence-electron chi connectivity index (χ1n) is 8.78. The lowest BCUT2D eigenvalue weighted by Gasteiger charge is -2.12. The smallest absolute Gasteiger partial charge is 0.342 e. The lowest BCUT2D eigenvalue weighted by atomic mass is 10.1. The van der Waals surface area contributed by atoms with E-state index in [1.165, 1.54) is 12.3 Å². The molecule has 1 amide bonds. The molecule has 3 rings (SSSR count). The van der Waals surface area contributed by atoms with E-state index >= 15 is 0 Å². The average molecular weight is 400 g/mol. The monoisotopic (exact) mass is 400 g/mol. The number of halogens is 2. The van der Waals surface area contributed by atoms with Crippen molar-refractivity contribution in [3.05, 3.63) is 71.7 Å². The molecule has 0 saturated heterocycles. The summed E-state index contributed by atoms with van der Waals surface area (Å²) in [6.07, 6.45) is 2.97. The normalized spacial score (nSPS) is 10.8. The summed E-state index contributed by atoms with van der Waals surface area (Å²) in [6, 6.07) is 8.24. The Hall–Kier alpha value is -3.62. The zero-order chi connectivity index (χ0) is 21.0. The first kappa shape index (κ1) is 20.1. The fourth-order valence-electron chi connectivity index (χ4n) is 2.71. The molecule has 3 aromatic rings. The summed E-state index contributed by atoms with van der Waals surface area (Å²) in [7, 11) is 0. The van der Waals surface area contributed by atoms with Gasteiger partial charge in [-0.15, -0.1) is 0 Å². The van der Waals surface area contributed by atoms with Crippen molar-refractivity contribution in [2.24, 2.45) is 0 Å². The summed E-state index contributed by atoms with van der Waals surface area (Å²) < 4.78 is 32.7. The molecule has 29 heavy (non-hydrogen) atoms. The molecule has 0 atom stereocenters. The number of nitrogens with zero attached hydrogens (tertiary/aromatic N) is 3. The van der Waals surface area contributed by atoms with Crippen molar-refractivity contribution in [1.29, 1.82) is 0 Å². The number of carbonyl (C=O) groups excluding carboxylic acids is 2. The van der Waals surface area contributed by atoms with E-state index in [1.807, 2.05) is 13.8 Å². The second-order valence-corrected chi connectivity index (χ2v) is 6.45. The minimum Gasteiger partial charge on any atom is -0.452 e. The minimum atomic E-state index is -1.09. The number of benzene rings is 1. The van der Waals surface area contributed by atoms with E-state index in [9.17, 15) is 18.4 Å². The fraction of sp³-hybridized carbons (Fsp3) is 0.200. The molecule has 2 heterocycles. The summed E-state index contributed by atoms with van der Waals surface area (Å²) in [5.41, 5.74) is 0.858. The molecule has 1 aromatic carbocycles. The van der Waals surface area contributed by atoms with Crippen molar-refractivity contribution in [2.75, 3.05) is 11.9 Å². The predicted molar refractivity (Wildman–Crippen MR) is 101 cm³/mol. The number of hydrogen-bond acceptors (Lipinski definition) is 5. The molecule has 0 aliphatic heterocycles. The number of ether oxygens (including phenoxy) is 1. The van der Waals surface area contributed by atoms with E-state index in [2.05, 4.69) is 15.4 Å². The highest BCUT2D eigenvalue weighted by Gasteiger charge is 2.23. The van der Waals surface area contributed by atoms with Crippen LogP contribution in [0.3, 0.4) is 0 Å². The van der Waals surface area contributed by atoms with Gasteiger partial charge in [0, 0.05) is 18.0 Å². The Kier molecular flexibility index (Phi) is 5.96. The van der Waals surface area contributed by atoms with Crippen LogP contribution in [0.1, 0.15) is 35.8 Å². The van der Waals surface area contributed by atoms with Crippen LogP contribution in [0.5, 0.6) is 0 Å². The van der Waals surface area contributed by atoms with Crippen molar-refractivity contribution in [2.45, 2.75) is 19.8 Å². The number of aromatic nitrogens is 3. The molecule has 0 aliphatic rings. The number of anilines is 1. The largest absolute Gasteiger partial charge is 0.452 e. The van der Waals surface area contributed by atoms with Gasteiger partial charge in [0.1, 0.15) is 5.56 Å². The Balaban J connectivity index is 1.70. The van der Waals surface area contributed by atoms with E-state index in [0.29, 0.717) is 11.5 Å². The Morgan fingerprint density at radius 3 is 2.62 bits per heavy atom. The van der Waals surface area contributed by atoms with Gasteiger partial charge in [0.25, 0.3) is 5.91 Å². The lowest BCUT2D eigenvalue weighted by molar-refractivity contribution is -0.119. The number of nitrogens with one attached hydrogen (secondary N) is 1. The number of rotatable bonds is 6. The number of carbonyl (C=O) groups is 2. The molecule has 0 radical (unpaired) electrons. The van der Waals surface area contributed by atoms with E-state index in [-0.39, 0.29) is 17.2 Å². The van der Waals surface area contributed by atoms with Crippen LogP contribution in [-0.4, -0.2) is 33.2 Å². The molecule has 0 fully saturated rings. The SMILES string of the molecule is CC(C)c1c(C(=O)OCC(=O)Nc2ccc(F)c(F)c2)cnn1-c1ccccn1. The van der Waals surface area contributed by atoms with Gasteiger partial charge in [-0.25, -0.2) is 23.2 Å². The van der Waals surface area contributed by atoms with Crippen LogP contribution < -0.4 is 5.32 Å². The van der Waals surface area contributed by atoms with Gasteiger partial charge in [-0.3, -0.25) is 4.79 Å². The second kappa shape index (κ2) is 8.59. The van der Waals surface area contributed by atoms with Crippen molar-refractivity contribution >= 4 is 17.6 Å². The standard InChI is InChI=1S/C20H18F2N4O3/c1-12(2)19-14(10-24-26(19)17-5-3-4-8-23-17)20(28)29-11-18(27)25-13-6-7-15(21)16(22)9-13/h3-10,12H,11H2,1-2H3,(H,25,27). The highest BCUT2D eigenvalue weighted by atomic mass is 19.2. The van der Waals surface area contributed by atoms with E-state index < -0.39 is 30.1 Å². The van der Waals surface area contributed by atoms with Gasteiger partial charge in [0.05, 0.1) is 11.9 Å². The maximum Gasteiger partial charge on any atom is 0.342 e. The second-order valence-electron chi connectivity index (χ2n) is 6.45. The lowest BCUT2D eigenvalue weighted by Crippen LogP contribution is -2.21. The summed E-state index contributed by atoms with van der Waals surface area (Å²) in [6.45, 7) is 3.19. The molecule has 0 aliphatic carbocycles. The Bertz CT molecular complexity index is 1040. The quantitative estimate of drug-likeness (QED) is 0.641. The van der Waals surface area contributed by atoms with Crippen molar-refractivity contribution in [3.63, 3.8) is 0 Å². The molecular formula is C20H18F2N4O3. The van der Waals surface area contributed by atoms with Gasteiger partial charge in [-0.2, -0.15) is 5.10 Å². The van der Waals surface area contributed by atoms with Crippen LogP contribution in [0.25, 0.3) is 5.82 Å². The van der Waals surface area contributed by atoms with Gasteiger partial charge in [0.2, 0.25) is 0 Å². The Morgan fingerprint density at radius 1 is 1.17 bits per heavy atom. The van der Waals surface area contributed by atoms with E-state index in [0.717, 1.165) is 12.1 Å².